The third kappa shape index (κ3) is 3.45. The van der Waals surface area contributed by atoms with Crippen LogP contribution in [0.4, 0.5) is 5.69 Å². The number of anilines is 1. The van der Waals surface area contributed by atoms with Gasteiger partial charge in [0.1, 0.15) is 0 Å². The number of aryl methyl sites for hydroxylation is 1. The molecule has 2 rings (SSSR count). The molecule has 2 nitrogen and oxygen atoms in total. The van der Waals surface area contributed by atoms with E-state index >= 15 is 0 Å². The minimum Gasteiger partial charge on any atom is -0.322 e. The molecule has 0 atom stereocenters. The average Bonchev–Trinajstić information content (AvgIpc) is 2.42. The summed E-state index contributed by atoms with van der Waals surface area (Å²) in [4.78, 5) is 12.3. The van der Waals surface area contributed by atoms with Crippen molar-refractivity contribution in [3.63, 3.8) is 0 Å². The molecule has 0 aliphatic heterocycles. The summed E-state index contributed by atoms with van der Waals surface area (Å²) in [6.07, 6.45) is 0. The topological polar surface area (TPSA) is 29.1 Å². The van der Waals surface area contributed by atoms with Crippen molar-refractivity contribution < 1.29 is 4.79 Å². The van der Waals surface area contributed by atoms with Crippen molar-refractivity contribution in [1.29, 1.82) is 0 Å². The molecule has 0 aliphatic carbocycles. The van der Waals surface area contributed by atoms with Gasteiger partial charge in [-0.2, -0.15) is 0 Å². The molecular formula is C15H13Br2NO. The lowest BCUT2D eigenvalue weighted by molar-refractivity contribution is 0.102. The van der Waals surface area contributed by atoms with E-state index in [-0.39, 0.29) is 5.91 Å². The highest BCUT2D eigenvalue weighted by Gasteiger charge is 2.11. The third-order valence-corrected chi connectivity index (χ3v) is 3.95. The minimum atomic E-state index is -0.0906. The highest BCUT2D eigenvalue weighted by Crippen LogP contribution is 2.21. The first-order chi connectivity index (χ1) is 9.11. The summed E-state index contributed by atoms with van der Waals surface area (Å²) >= 11 is 6.81. The van der Waals surface area contributed by atoms with Crippen LogP contribution in [0.5, 0.6) is 0 Å². The second kappa shape index (κ2) is 6.35. The number of para-hydroxylation sites is 1. The Bertz CT molecular complexity index is 611. The van der Waals surface area contributed by atoms with E-state index in [4.69, 9.17) is 0 Å². The fourth-order valence-corrected chi connectivity index (χ4v) is 2.64. The van der Waals surface area contributed by atoms with E-state index < -0.39 is 0 Å². The molecule has 19 heavy (non-hydrogen) atoms. The molecule has 1 amide bonds. The van der Waals surface area contributed by atoms with Crippen LogP contribution in [-0.4, -0.2) is 5.91 Å². The van der Waals surface area contributed by atoms with E-state index in [0.29, 0.717) is 10.9 Å². The molecule has 0 heterocycles. The van der Waals surface area contributed by atoms with Crippen molar-refractivity contribution in [2.75, 3.05) is 5.32 Å². The second-order valence-electron chi connectivity index (χ2n) is 4.20. The monoisotopic (exact) mass is 381 g/mol. The average molecular weight is 383 g/mol. The van der Waals surface area contributed by atoms with Crippen LogP contribution in [0.25, 0.3) is 0 Å². The molecule has 0 spiro atoms. The van der Waals surface area contributed by atoms with E-state index in [1.54, 1.807) is 0 Å². The van der Waals surface area contributed by atoms with E-state index in [1.807, 2.05) is 49.4 Å². The van der Waals surface area contributed by atoms with Gasteiger partial charge in [0.25, 0.3) is 5.91 Å². The molecule has 0 saturated carbocycles. The molecule has 0 bridgehead atoms. The number of rotatable bonds is 3. The van der Waals surface area contributed by atoms with Gasteiger partial charge >= 0.3 is 0 Å². The third-order valence-electron chi connectivity index (χ3n) is 2.85. The molecule has 4 heteroatoms. The van der Waals surface area contributed by atoms with Crippen molar-refractivity contribution in [1.82, 2.24) is 0 Å². The smallest absolute Gasteiger partial charge is 0.255 e. The maximum absolute atomic E-state index is 12.3. The van der Waals surface area contributed by atoms with Crippen molar-refractivity contribution in [3.8, 4) is 0 Å². The molecule has 98 valence electrons. The number of carbonyl (C=O) groups excluding carboxylic acids is 1. The van der Waals surface area contributed by atoms with Crippen LogP contribution in [0.1, 0.15) is 21.5 Å². The molecule has 0 unspecified atom stereocenters. The number of amides is 1. The van der Waals surface area contributed by atoms with E-state index in [0.717, 1.165) is 21.3 Å². The lowest BCUT2D eigenvalue weighted by Crippen LogP contribution is -2.14. The molecular weight excluding hydrogens is 370 g/mol. The number of benzene rings is 2. The van der Waals surface area contributed by atoms with Crippen LogP contribution < -0.4 is 5.32 Å². The van der Waals surface area contributed by atoms with Crippen LogP contribution in [0.2, 0.25) is 0 Å². The maximum atomic E-state index is 12.3. The first-order valence-corrected chi connectivity index (χ1v) is 7.74. The van der Waals surface area contributed by atoms with Crippen molar-refractivity contribution >= 4 is 43.5 Å². The SMILES string of the molecule is Cc1ccc(Br)cc1C(=O)Nc1ccccc1CBr. The molecule has 0 saturated heterocycles. The highest BCUT2D eigenvalue weighted by atomic mass is 79.9. The number of hydrogen-bond donors (Lipinski definition) is 1. The molecule has 0 fully saturated rings. The lowest BCUT2D eigenvalue weighted by atomic mass is 10.1. The quantitative estimate of drug-likeness (QED) is 0.751. The number of alkyl halides is 1. The van der Waals surface area contributed by atoms with Crippen molar-refractivity contribution in [2.45, 2.75) is 12.3 Å². The largest absolute Gasteiger partial charge is 0.322 e. The van der Waals surface area contributed by atoms with Gasteiger partial charge in [0.15, 0.2) is 0 Å². The van der Waals surface area contributed by atoms with Gasteiger partial charge in [-0.05, 0) is 36.2 Å². The summed E-state index contributed by atoms with van der Waals surface area (Å²) < 4.78 is 0.900. The van der Waals surface area contributed by atoms with Gasteiger partial charge in [-0.25, -0.2) is 0 Å². The Kier molecular flexibility index (Phi) is 4.77. The molecule has 0 aromatic heterocycles. The summed E-state index contributed by atoms with van der Waals surface area (Å²) in [6, 6.07) is 13.4. The zero-order chi connectivity index (χ0) is 13.8. The Morgan fingerprint density at radius 1 is 1.21 bits per heavy atom. The predicted molar refractivity (Wildman–Crippen MR) is 85.9 cm³/mol. The van der Waals surface area contributed by atoms with Crippen LogP contribution in [-0.2, 0) is 5.33 Å². The van der Waals surface area contributed by atoms with E-state index in [2.05, 4.69) is 37.2 Å². The standard InChI is InChI=1S/C15H13Br2NO/c1-10-6-7-12(17)8-13(10)15(19)18-14-5-3-2-4-11(14)9-16/h2-8H,9H2,1H3,(H,18,19). The summed E-state index contributed by atoms with van der Waals surface area (Å²) in [5.41, 5.74) is 3.53. The second-order valence-corrected chi connectivity index (χ2v) is 5.68. The predicted octanol–water partition coefficient (Wildman–Crippen LogP) is 4.90. The van der Waals surface area contributed by atoms with Crippen LogP contribution >= 0.6 is 31.9 Å². The Morgan fingerprint density at radius 3 is 2.68 bits per heavy atom. The summed E-state index contributed by atoms with van der Waals surface area (Å²) in [5.74, 6) is -0.0906. The van der Waals surface area contributed by atoms with Gasteiger partial charge < -0.3 is 5.32 Å². The number of carbonyl (C=O) groups is 1. The number of halogens is 2. The normalized spacial score (nSPS) is 10.3. The van der Waals surface area contributed by atoms with Gasteiger partial charge in [-0.3, -0.25) is 4.79 Å². The van der Waals surface area contributed by atoms with Gasteiger partial charge in [0.2, 0.25) is 0 Å². The molecule has 2 aromatic rings. The van der Waals surface area contributed by atoms with Crippen molar-refractivity contribution in [3.05, 3.63) is 63.6 Å². The fourth-order valence-electron chi connectivity index (χ4n) is 1.79. The van der Waals surface area contributed by atoms with Gasteiger partial charge in [0, 0.05) is 21.1 Å². The Labute approximate surface area is 129 Å². The van der Waals surface area contributed by atoms with Crippen molar-refractivity contribution in [2.24, 2.45) is 0 Å². The maximum Gasteiger partial charge on any atom is 0.255 e. The molecule has 0 radical (unpaired) electrons. The zero-order valence-corrected chi connectivity index (χ0v) is 13.6. The Balaban J connectivity index is 2.28. The van der Waals surface area contributed by atoms with E-state index in [1.165, 1.54) is 0 Å². The number of hydrogen-bond acceptors (Lipinski definition) is 1. The molecule has 2 aromatic carbocycles. The van der Waals surface area contributed by atoms with Gasteiger partial charge in [-0.1, -0.05) is 56.1 Å². The van der Waals surface area contributed by atoms with Crippen LogP contribution in [0.15, 0.2) is 46.9 Å². The molecule has 1 N–H and O–H groups in total. The summed E-state index contributed by atoms with van der Waals surface area (Å²) in [5, 5.41) is 3.67. The fraction of sp³-hybridized carbons (Fsp3) is 0.133. The van der Waals surface area contributed by atoms with Crippen LogP contribution in [0, 0.1) is 6.92 Å². The minimum absolute atomic E-state index is 0.0906. The van der Waals surface area contributed by atoms with Gasteiger partial charge in [-0.15, -0.1) is 0 Å². The van der Waals surface area contributed by atoms with E-state index in [9.17, 15) is 4.79 Å². The first-order valence-electron chi connectivity index (χ1n) is 5.83. The zero-order valence-electron chi connectivity index (χ0n) is 10.4. The highest BCUT2D eigenvalue weighted by molar-refractivity contribution is 9.10. The Morgan fingerprint density at radius 2 is 1.95 bits per heavy atom. The molecule has 0 aliphatic rings. The lowest BCUT2D eigenvalue weighted by Gasteiger charge is -2.11. The van der Waals surface area contributed by atoms with Gasteiger partial charge in [0.05, 0.1) is 0 Å². The summed E-state index contributed by atoms with van der Waals surface area (Å²) in [7, 11) is 0. The Hall–Kier alpha value is -1.13. The van der Waals surface area contributed by atoms with Crippen LogP contribution in [0.3, 0.4) is 0 Å². The summed E-state index contributed by atoms with van der Waals surface area (Å²) in [6.45, 7) is 1.93. The number of nitrogens with one attached hydrogen (secondary N) is 1. The first kappa shape index (κ1) is 14.3.